The summed E-state index contributed by atoms with van der Waals surface area (Å²) in [6.45, 7) is 4.91. The second kappa shape index (κ2) is 11.8. The van der Waals surface area contributed by atoms with Crippen LogP contribution in [-0.4, -0.2) is 42.5 Å². The second-order valence-electron chi connectivity index (χ2n) is 7.75. The summed E-state index contributed by atoms with van der Waals surface area (Å²) in [7, 11) is 3.46. The Hall–Kier alpha value is -2.45. The highest BCUT2D eigenvalue weighted by molar-refractivity contribution is 9.10. The number of halogens is 1. The summed E-state index contributed by atoms with van der Waals surface area (Å²) in [6, 6.07) is 12.5. The molecule has 0 spiro atoms. The lowest BCUT2D eigenvalue weighted by Gasteiger charge is -2.13. The van der Waals surface area contributed by atoms with E-state index in [9.17, 15) is 9.59 Å². The zero-order chi connectivity index (χ0) is 23.0. The third-order valence-corrected chi connectivity index (χ3v) is 5.26. The van der Waals surface area contributed by atoms with Gasteiger partial charge in [-0.05, 0) is 76.4 Å². The predicted molar refractivity (Wildman–Crippen MR) is 132 cm³/mol. The SMILES string of the molecule is CC(C)CCOc1ccc(C(=O)NC(=S)Nc2ccc(CC(=O)N(C)C)cc2)cc1Br. The Morgan fingerprint density at radius 3 is 2.39 bits per heavy atom. The molecule has 8 heteroatoms. The molecule has 0 aromatic heterocycles. The topological polar surface area (TPSA) is 70.7 Å². The second-order valence-corrected chi connectivity index (χ2v) is 9.01. The van der Waals surface area contributed by atoms with Gasteiger partial charge in [-0.25, -0.2) is 0 Å². The third-order valence-electron chi connectivity index (χ3n) is 4.44. The number of rotatable bonds is 8. The summed E-state index contributed by atoms with van der Waals surface area (Å²) in [6.07, 6.45) is 1.29. The Bertz CT molecular complexity index is 930. The summed E-state index contributed by atoms with van der Waals surface area (Å²) in [5.41, 5.74) is 2.09. The predicted octanol–water partition coefficient (Wildman–Crippen LogP) is 4.63. The molecule has 0 atom stereocenters. The van der Waals surface area contributed by atoms with Gasteiger partial charge < -0.3 is 15.0 Å². The van der Waals surface area contributed by atoms with Crippen LogP contribution in [0.3, 0.4) is 0 Å². The smallest absolute Gasteiger partial charge is 0.257 e. The highest BCUT2D eigenvalue weighted by atomic mass is 79.9. The molecule has 2 aromatic carbocycles. The van der Waals surface area contributed by atoms with Gasteiger partial charge in [0.2, 0.25) is 5.91 Å². The van der Waals surface area contributed by atoms with E-state index in [-0.39, 0.29) is 16.9 Å². The number of carbonyl (C=O) groups excluding carboxylic acids is 2. The van der Waals surface area contributed by atoms with Crippen molar-refractivity contribution in [2.24, 2.45) is 5.92 Å². The first-order chi connectivity index (χ1) is 14.7. The molecule has 0 fully saturated rings. The van der Waals surface area contributed by atoms with Crippen LogP contribution < -0.4 is 15.4 Å². The quantitative estimate of drug-likeness (QED) is 0.511. The molecule has 166 valence electrons. The molecule has 0 aliphatic rings. The van der Waals surface area contributed by atoms with E-state index in [0.717, 1.165) is 17.7 Å². The van der Waals surface area contributed by atoms with Crippen LogP contribution >= 0.6 is 28.1 Å². The summed E-state index contributed by atoms with van der Waals surface area (Å²) in [4.78, 5) is 25.8. The fourth-order valence-electron chi connectivity index (χ4n) is 2.54. The number of nitrogens with one attached hydrogen (secondary N) is 2. The van der Waals surface area contributed by atoms with E-state index in [1.165, 1.54) is 0 Å². The largest absolute Gasteiger partial charge is 0.492 e. The van der Waals surface area contributed by atoms with Crippen molar-refractivity contribution in [1.82, 2.24) is 10.2 Å². The fraction of sp³-hybridized carbons (Fsp3) is 0.348. The molecular formula is C23H28BrN3O3S. The van der Waals surface area contributed by atoms with Gasteiger partial charge >= 0.3 is 0 Å². The van der Waals surface area contributed by atoms with E-state index in [2.05, 4.69) is 40.4 Å². The number of thiocarbonyl (C=S) groups is 1. The first-order valence-corrected chi connectivity index (χ1v) is 11.2. The van der Waals surface area contributed by atoms with Gasteiger partial charge in [0.15, 0.2) is 5.11 Å². The Balaban J connectivity index is 1.90. The average Bonchev–Trinajstić information content (AvgIpc) is 2.70. The minimum atomic E-state index is -0.319. The maximum Gasteiger partial charge on any atom is 0.257 e. The minimum absolute atomic E-state index is 0.0333. The maximum atomic E-state index is 12.5. The lowest BCUT2D eigenvalue weighted by Crippen LogP contribution is -2.34. The summed E-state index contributed by atoms with van der Waals surface area (Å²) in [5, 5.41) is 5.84. The normalized spacial score (nSPS) is 10.5. The van der Waals surface area contributed by atoms with Gasteiger partial charge in [0, 0.05) is 25.3 Å². The fourth-order valence-corrected chi connectivity index (χ4v) is 3.24. The van der Waals surface area contributed by atoms with Gasteiger partial charge in [-0.1, -0.05) is 26.0 Å². The van der Waals surface area contributed by atoms with Crippen molar-refractivity contribution >= 4 is 50.8 Å². The summed E-state index contributed by atoms with van der Waals surface area (Å²) in [5.74, 6) is 0.978. The zero-order valence-electron chi connectivity index (χ0n) is 18.2. The minimum Gasteiger partial charge on any atom is -0.492 e. The van der Waals surface area contributed by atoms with Crippen molar-refractivity contribution in [2.75, 3.05) is 26.0 Å². The molecule has 2 aromatic rings. The van der Waals surface area contributed by atoms with Crippen LogP contribution in [-0.2, 0) is 11.2 Å². The van der Waals surface area contributed by atoms with E-state index in [1.54, 1.807) is 37.2 Å². The zero-order valence-corrected chi connectivity index (χ0v) is 20.6. The molecular weight excluding hydrogens is 478 g/mol. The molecule has 0 saturated carbocycles. The lowest BCUT2D eigenvalue weighted by molar-refractivity contribution is -0.127. The molecule has 31 heavy (non-hydrogen) atoms. The Morgan fingerprint density at radius 2 is 1.81 bits per heavy atom. The molecule has 2 amide bonds. The van der Waals surface area contributed by atoms with Gasteiger partial charge in [-0.3, -0.25) is 14.9 Å². The number of likely N-dealkylation sites (N-methyl/N-ethyl adjacent to an activating group) is 1. The van der Waals surface area contributed by atoms with E-state index in [1.807, 2.05) is 24.3 Å². The number of benzene rings is 2. The van der Waals surface area contributed by atoms with Gasteiger partial charge in [-0.15, -0.1) is 0 Å². The molecule has 2 N–H and O–H groups in total. The molecule has 0 saturated heterocycles. The van der Waals surface area contributed by atoms with Crippen molar-refractivity contribution in [3.8, 4) is 5.75 Å². The number of hydrogen-bond acceptors (Lipinski definition) is 4. The highest BCUT2D eigenvalue weighted by Crippen LogP contribution is 2.26. The third kappa shape index (κ3) is 8.30. The van der Waals surface area contributed by atoms with E-state index >= 15 is 0 Å². The number of hydrogen-bond donors (Lipinski definition) is 2. The van der Waals surface area contributed by atoms with Crippen molar-refractivity contribution in [3.05, 3.63) is 58.1 Å². The van der Waals surface area contributed by atoms with Crippen LogP contribution in [0.15, 0.2) is 46.9 Å². The van der Waals surface area contributed by atoms with Gasteiger partial charge in [-0.2, -0.15) is 0 Å². The highest BCUT2D eigenvalue weighted by Gasteiger charge is 2.12. The van der Waals surface area contributed by atoms with Gasteiger partial charge in [0.1, 0.15) is 5.75 Å². The summed E-state index contributed by atoms with van der Waals surface area (Å²) >= 11 is 8.70. The molecule has 0 heterocycles. The molecule has 0 aliphatic carbocycles. The monoisotopic (exact) mass is 505 g/mol. The maximum absolute atomic E-state index is 12.5. The molecule has 2 rings (SSSR count). The number of nitrogens with zero attached hydrogens (tertiary/aromatic N) is 1. The van der Waals surface area contributed by atoms with Crippen LogP contribution in [0.2, 0.25) is 0 Å². The van der Waals surface area contributed by atoms with Crippen molar-refractivity contribution in [2.45, 2.75) is 26.7 Å². The molecule has 6 nitrogen and oxygen atoms in total. The number of ether oxygens (including phenoxy) is 1. The van der Waals surface area contributed by atoms with E-state index in [0.29, 0.717) is 34.7 Å². The first-order valence-electron chi connectivity index (χ1n) is 9.99. The molecule has 0 bridgehead atoms. The van der Waals surface area contributed by atoms with Crippen LogP contribution in [0.1, 0.15) is 36.2 Å². The van der Waals surface area contributed by atoms with E-state index < -0.39 is 0 Å². The van der Waals surface area contributed by atoms with Gasteiger partial charge in [0.25, 0.3) is 5.91 Å². The van der Waals surface area contributed by atoms with Crippen LogP contribution in [0.4, 0.5) is 5.69 Å². The molecule has 0 unspecified atom stereocenters. The van der Waals surface area contributed by atoms with E-state index in [4.69, 9.17) is 17.0 Å². The van der Waals surface area contributed by atoms with Crippen molar-refractivity contribution in [3.63, 3.8) is 0 Å². The van der Waals surface area contributed by atoms with Crippen LogP contribution in [0.5, 0.6) is 5.75 Å². The Labute approximate surface area is 197 Å². The number of carbonyl (C=O) groups is 2. The molecule has 0 radical (unpaired) electrons. The average molecular weight is 506 g/mol. The number of anilines is 1. The van der Waals surface area contributed by atoms with Gasteiger partial charge in [0.05, 0.1) is 17.5 Å². The Kier molecular flexibility index (Phi) is 9.45. The van der Waals surface area contributed by atoms with Crippen molar-refractivity contribution in [1.29, 1.82) is 0 Å². The first kappa shape index (κ1) is 24.8. The standard InChI is InChI=1S/C23H28BrN3O3S/c1-15(2)11-12-30-20-10-7-17(14-19(20)24)22(29)26-23(31)25-18-8-5-16(6-9-18)13-21(28)27(3)4/h5-10,14-15H,11-13H2,1-4H3,(H2,25,26,29,31). The van der Waals surface area contributed by atoms with Crippen LogP contribution in [0.25, 0.3) is 0 Å². The molecule has 0 aliphatic heterocycles. The lowest BCUT2D eigenvalue weighted by atomic mass is 10.1. The number of amides is 2. The van der Waals surface area contributed by atoms with Crippen LogP contribution in [0, 0.1) is 5.92 Å². The van der Waals surface area contributed by atoms with Crippen molar-refractivity contribution < 1.29 is 14.3 Å². The summed E-state index contributed by atoms with van der Waals surface area (Å²) < 4.78 is 6.46. The Morgan fingerprint density at radius 1 is 1.13 bits per heavy atom.